The number of nitrogens with zero attached hydrogens (tertiary/aromatic N) is 1. The summed E-state index contributed by atoms with van der Waals surface area (Å²) in [6.07, 6.45) is 1.57. The Morgan fingerprint density at radius 3 is 2.77 bits per heavy atom. The Bertz CT molecular complexity index is 338. The third kappa shape index (κ3) is 2.51. The van der Waals surface area contributed by atoms with Crippen LogP contribution < -0.4 is 0 Å². The van der Waals surface area contributed by atoms with Gasteiger partial charge in [0.2, 0.25) is 0 Å². The van der Waals surface area contributed by atoms with Gasteiger partial charge < -0.3 is 0 Å². The van der Waals surface area contributed by atoms with Crippen molar-refractivity contribution in [1.29, 1.82) is 0 Å². The maximum atomic E-state index is 11.6. The van der Waals surface area contributed by atoms with E-state index >= 15 is 0 Å². The van der Waals surface area contributed by atoms with Crippen LogP contribution >= 0.6 is 27.5 Å². The smallest absolute Gasteiger partial charge is 0.168 e. The van der Waals surface area contributed by atoms with Crippen LogP contribution in [0.1, 0.15) is 24.2 Å². The van der Waals surface area contributed by atoms with Crippen LogP contribution in [0.25, 0.3) is 0 Å². The van der Waals surface area contributed by atoms with E-state index in [0.29, 0.717) is 5.56 Å². The van der Waals surface area contributed by atoms with Crippen molar-refractivity contribution < 1.29 is 4.79 Å². The van der Waals surface area contributed by atoms with E-state index in [1.165, 1.54) is 0 Å². The van der Waals surface area contributed by atoms with Gasteiger partial charge in [-0.2, -0.15) is 0 Å². The molecule has 1 aromatic heterocycles. The first-order valence-corrected chi connectivity index (χ1v) is 5.04. The van der Waals surface area contributed by atoms with Gasteiger partial charge in [-0.1, -0.05) is 25.4 Å². The Morgan fingerprint density at radius 1 is 1.62 bits per heavy atom. The number of carbonyl (C=O) groups excluding carboxylic acids is 1. The summed E-state index contributed by atoms with van der Waals surface area (Å²) in [6.45, 7) is 3.67. The molecule has 1 rings (SSSR count). The number of rotatable bonds is 2. The molecule has 2 nitrogen and oxygen atoms in total. The van der Waals surface area contributed by atoms with Gasteiger partial charge in [0.05, 0.1) is 5.56 Å². The standard InChI is InChI=1S/C9H9BrClNO/c1-5(2)8(13)7-3-6(10)4-12-9(7)11/h3-5H,1-2H3. The van der Waals surface area contributed by atoms with Crippen molar-refractivity contribution in [2.45, 2.75) is 13.8 Å². The Balaban J connectivity index is 3.13. The summed E-state index contributed by atoms with van der Waals surface area (Å²) in [4.78, 5) is 15.5. The fourth-order valence-electron chi connectivity index (χ4n) is 0.906. The third-order valence-corrected chi connectivity index (χ3v) is 2.33. The second-order valence-electron chi connectivity index (χ2n) is 3.01. The molecule has 1 aromatic rings. The maximum absolute atomic E-state index is 11.6. The van der Waals surface area contributed by atoms with Crippen molar-refractivity contribution in [3.05, 3.63) is 27.5 Å². The molecular formula is C9H9BrClNO. The molecule has 0 saturated carbocycles. The van der Waals surface area contributed by atoms with Crippen molar-refractivity contribution in [3.8, 4) is 0 Å². The van der Waals surface area contributed by atoms with Gasteiger partial charge in [0, 0.05) is 16.6 Å². The van der Waals surface area contributed by atoms with E-state index in [2.05, 4.69) is 20.9 Å². The monoisotopic (exact) mass is 261 g/mol. The topological polar surface area (TPSA) is 30.0 Å². The van der Waals surface area contributed by atoms with Gasteiger partial charge in [0.15, 0.2) is 5.78 Å². The average molecular weight is 263 g/mol. The summed E-state index contributed by atoms with van der Waals surface area (Å²) in [5.41, 5.74) is 0.478. The normalized spacial score (nSPS) is 10.5. The molecule has 0 aromatic carbocycles. The van der Waals surface area contributed by atoms with Crippen LogP contribution in [0.3, 0.4) is 0 Å². The Morgan fingerprint density at radius 2 is 2.23 bits per heavy atom. The SMILES string of the molecule is CC(C)C(=O)c1cc(Br)cnc1Cl. The van der Waals surface area contributed by atoms with E-state index in [0.717, 1.165) is 4.47 Å². The van der Waals surface area contributed by atoms with Gasteiger partial charge in [-0.05, 0) is 22.0 Å². The van der Waals surface area contributed by atoms with Gasteiger partial charge in [0.25, 0.3) is 0 Å². The van der Waals surface area contributed by atoms with Gasteiger partial charge in [-0.15, -0.1) is 0 Å². The van der Waals surface area contributed by atoms with Gasteiger partial charge >= 0.3 is 0 Å². The number of carbonyl (C=O) groups is 1. The number of hydrogen-bond donors (Lipinski definition) is 0. The predicted molar refractivity (Wildman–Crippen MR) is 56.1 cm³/mol. The lowest BCUT2D eigenvalue weighted by atomic mass is 10.0. The van der Waals surface area contributed by atoms with Gasteiger partial charge in [0.1, 0.15) is 5.15 Å². The van der Waals surface area contributed by atoms with Gasteiger partial charge in [-0.3, -0.25) is 4.79 Å². The van der Waals surface area contributed by atoms with Crippen LogP contribution in [-0.2, 0) is 0 Å². The summed E-state index contributed by atoms with van der Waals surface area (Å²) < 4.78 is 0.765. The zero-order valence-electron chi connectivity index (χ0n) is 7.34. The van der Waals surface area contributed by atoms with Crippen molar-refractivity contribution >= 4 is 33.3 Å². The molecule has 0 aliphatic rings. The van der Waals surface area contributed by atoms with Crippen molar-refractivity contribution in [2.75, 3.05) is 0 Å². The fourth-order valence-corrected chi connectivity index (χ4v) is 1.43. The molecule has 0 spiro atoms. The lowest BCUT2D eigenvalue weighted by Crippen LogP contribution is -2.08. The summed E-state index contributed by atoms with van der Waals surface area (Å²) in [5, 5.41) is 0.266. The lowest BCUT2D eigenvalue weighted by Gasteiger charge is -2.05. The second-order valence-corrected chi connectivity index (χ2v) is 4.28. The van der Waals surface area contributed by atoms with Crippen LogP contribution in [0.4, 0.5) is 0 Å². The van der Waals surface area contributed by atoms with E-state index in [1.807, 2.05) is 13.8 Å². The molecule has 0 amide bonds. The van der Waals surface area contributed by atoms with E-state index in [-0.39, 0.29) is 16.9 Å². The molecule has 0 radical (unpaired) electrons. The minimum atomic E-state index is -0.0615. The third-order valence-electron chi connectivity index (χ3n) is 1.60. The zero-order valence-corrected chi connectivity index (χ0v) is 9.69. The Kier molecular flexibility index (Phi) is 3.45. The molecule has 0 aliphatic carbocycles. The lowest BCUT2D eigenvalue weighted by molar-refractivity contribution is 0.0939. The van der Waals surface area contributed by atoms with Crippen LogP contribution in [-0.4, -0.2) is 10.8 Å². The molecule has 0 fully saturated rings. The first-order valence-electron chi connectivity index (χ1n) is 3.87. The predicted octanol–water partition coefficient (Wildman–Crippen LogP) is 3.34. The number of hydrogen-bond acceptors (Lipinski definition) is 2. The van der Waals surface area contributed by atoms with Crippen molar-refractivity contribution in [3.63, 3.8) is 0 Å². The number of pyridine rings is 1. The molecule has 0 bridgehead atoms. The molecule has 13 heavy (non-hydrogen) atoms. The van der Waals surface area contributed by atoms with Crippen LogP contribution in [0.15, 0.2) is 16.7 Å². The van der Waals surface area contributed by atoms with Gasteiger partial charge in [-0.25, -0.2) is 4.98 Å². The highest BCUT2D eigenvalue weighted by Gasteiger charge is 2.14. The molecule has 0 N–H and O–H groups in total. The maximum Gasteiger partial charge on any atom is 0.168 e. The average Bonchev–Trinajstić information content (AvgIpc) is 2.08. The molecular weight excluding hydrogens is 253 g/mol. The van der Waals surface area contributed by atoms with E-state index < -0.39 is 0 Å². The van der Waals surface area contributed by atoms with E-state index in [9.17, 15) is 4.79 Å². The molecule has 0 aliphatic heterocycles. The van der Waals surface area contributed by atoms with Crippen LogP contribution in [0.5, 0.6) is 0 Å². The molecule has 0 unspecified atom stereocenters. The highest BCUT2D eigenvalue weighted by atomic mass is 79.9. The first-order chi connectivity index (χ1) is 6.02. The molecule has 4 heteroatoms. The van der Waals surface area contributed by atoms with E-state index in [4.69, 9.17) is 11.6 Å². The van der Waals surface area contributed by atoms with Crippen LogP contribution in [0.2, 0.25) is 5.15 Å². The summed E-state index contributed by atoms with van der Waals surface area (Å²) in [7, 11) is 0. The van der Waals surface area contributed by atoms with E-state index in [1.54, 1.807) is 12.3 Å². The van der Waals surface area contributed by atoms with Crippen LogP contribution in [0, 0.1) is 5.92 Å². The highest BCUT2D eigenvalue weighted by molar-refractivity contribution is 9.10. The first kappa shape index (κ1) is 10.7. The molecule has 1 heterocycles. The Labute approximate surface area is 90.4 Å². The quantitative estimate of drug-likeness (QED) is 0.604. The second kappa shape index (κ2) is 4.20. The molecule has 0 saturated heterocycles. The summed E-state index contributed by atoms with van der Waals surface area (Å²) in [6, 6.07) is 1.69. The zero-order chi connectivity index (χ0) is 10.0. The van der Waals surface area contributed by atoms with Crippen molar-refractivity contribution in [2.24, 2.45) is 5.92 Å². The Hall–Kier alpha value is -0.410. The molecule has 0 atom stereocenters. The van der Waals surface area contributed by atoms with Crippen molar-refractivity contribution in [1.82, 2.24) is 4.98 Å². The highest BCUT2D eigenvalue weighted by Crippen LogP contribution is 2.20. The fraction of sp³-hybridized carbons (Fsp3) is 0.333. The number of halogens is 2. The summed E-state index contributed by atoms with van der Waals surface area (Å²) in [5.74, 6) is -0.0487. The number of Topliss-reactive ketones (excluding diaryl/α,β-unsaturated/α-hetero) is 1. The summed E-state index contributed by atoms with van der Waals surface area (Å²) >= 11 is 9.02. The number of aromatic nitrogens is 1. The molecule has 70 valence electrons. The largest absolute Gasteiger partial charge is 0.294 e. The number of ketones is 1. The minimum absolute atomic E-state index is 0.0128. The minimum Gasteiger partial charge on any atom is -0.294 e.